The van der Waals surface area contributed by atoms with Crippen LogP contribution in [-0.2, 0) is 9.84 Å². The summed E-state index contributed by atoms with van der Waals surface area (Å²) in [6.07, 6.45) is 3.26. The number of thioether (sulfide) groups is 1. The van der Waals surface area contributed by atoms with Crippen molar-refractivity contribution in [2.45, 2.75) is 23.6 Å². The van der Waals surface area contributed by atoms with Gasteiger partial charge >= 0.3 is 0 Å². The zero-order chi connectivity index (χ0) is 31.4. The molecule has 0 aliphatic carbocycles. The van der Waals surface area contributed by atoms with Crippen molar-refractivity contribution in [3.8, 4) is 34.2 Å². The molecule has 6 rings (SSSR count). The van der Waals surface area contributed by atoms with E-state index >= 15 is 0 Å². The van der Waals surface area contributed by atoms with Gasteiger partial charge in [-0.2, -0.15) is 10.2 Å². The third-order valence-electron chi connectivity index (χ3n) is 6.46. The van der Waals surface area contributed by atoms with Gasteiger partial charge < -0.3 is 0 Å². The van der Waals surface area contributed by atoms with Crippen molar-refractivity contribution in [3.63, 3.8) is 0 Å². The topological polar surface area (TPSA) is 95.6 Å². The maximum atomic E-state index is 11.6. The van der Waals surface area contributed by atoms with E-state index in [1.807, 2.05) is 67.1 Å². The van der Waals surface area contributed by atoms with Crippen molar-refractivity contribution in [3.05, 3.63) is 118 Å². The van der Waals surface area contributed by atoms with Gasteiger partial charge in [-0.1, -0.05) is 56.1 Å². The van der Waals surface area contributed by atoms with Crippen LogP contribution in [0.1, 0.15) is 11.6 Å². The van der Waals surface area contributed by atoms with Crippen LogP contribution in [0.4, 0.5) is 0 Å². The first-order valence-electron chi connectivity index (χ1n) is 13.4. The maximum Gasteiger partial charge on any atom is 0.175 e. The van der Waals surface area contributed by atoms with E-state index in [1.165, 1.54) is 11.2 Å². The highest BCUT2D eigenvalue weighted by atomic mass is 79.9. The summed E-state index contributed by atoms with van der Waals surface area (Å²) in [6, 6.07) is 30.9. The molecule has 0 aliphatic heterocycles. The van der Waals surface area contributed by atoms with Crippen molar-refractivity contribution in [1.82, 2.24) is 29.5 Å². The molecule has 6 aromatic rings. The Labute approximate surface area is 277 Å². The standard InChI is InChI=1S/C16H14BrN3O2S.C16H14BrN3S/c1-11-18-16(12-3-5-13(17)6-4-12)20(19-11)14-7-9-15(10-8-14)23(2,21)22;1-11-18-16(12-3-5-13(17)6-4-12)20(19-11)14-7-9-15(21-2)10-8-14/h3-10H,1-2H3;3-10H,1-2H3. The molecule has 0 N–H and O–H groups in total. The molecule has 0 saturated carbocycles. The highest BCUT2D eigenvalue weighted by Crippen LogP contribution is 2.26. The second kappa shape index (κ2) is 13.6. The van der Waals surface area contributed by atoms with Gasteiger partial charge in [-0.3, -0.25) is 0 Å². The van der Waals surface area contributed by atoms with Crippen LogP contribution in [0.5, 0.6) is 0 Å². The first-order valence-corrected chi connectivity index (χ1v) is 18.1. The molecule has 224 valence electrons. The van der Waals surface area contributed by atoms with E-state index in [4.69, 9.17) is 0 Å². The Balaban J connectivity index is 0.000000175. The number of sulfone groups is 1. The highest BCUT2D eigenvalue weighted by Gasteiger charge is 2.14. The summed E-state index contributed by atoms with van der Waals surface area (Å²) in [4.78, 5) is 10.6. The predicted octanol–water partition coefficient (Wildman–Crippen LogP) is 8.14. The summed E-state index contributed by atoms with van der Waals surface area (Å²) >= 11 is 8.60. The fraction of sp³-hybridized carbons (Fsp3) is 0.125. The summed E-state index contributed by atoms with van der Waals surface area (Å²) in [6.45, 7) is 3.73. The fourth-order valence-electron chi connectivity index (χ4n) is 4.32. The highest BCUT2D eigenvalue weighted by molar-refractivity contribution is 9.10. The molecular formula is C32H28Br2N6O2S2. The average molecular weight is 753 g/mol. The lowest BCUT2D eigenvalue weighted by Gasteiger charge is -2.07. The molecule has 0 fully saturated rings. The molecule has 0 aliphatic rings. The van der Waals surface area contributed by atoms with Crippen molar-refractivity contribution < 1.29 is 8.42 Å². The van der Waals surface area contributed by atoms with Crippen LogP contribution in [0.25, 0.3) is 34.2 Å². The van der Waals surface area contributed by atoms with Gasteiger partial charge in [0.25, 0.3) is 0 Å². The number of aryl methyl sites for hydroxylation is 2. The number of benzene rings is 4. The summed E-state index contributed by atoms with van der Waals surface area (Å²) in [7, 11) is -3.21. The number of aromatic nitrogens is 6. The summed E-state index contributed by atoms with van der Waals surface area (Å²) in [5.74, 6) is 2.98. The number of rotatable bonds is 6. The van der Waals surface area contributed by atoms with Gasteiger partial charge in [-0.25, -0.2) is 27.7 Å². The Morgan fingerprint density at radius 1 is 0.614 bits per heavy atom. The smallest absolute Gasteiger partial charge is 0.175 e. The molecule has 12 heteroatoms. The lowest BCUT2D eigenvalue weighted by atomic mass is 10.2. The van der Waals surface area contributed by atoms with Crippen LogP contribution < -0.4 is 0 Å². The molecule has 2 heterocycles. The van der Waals surface area contributed by atoms with Crippen LogP contribution in [0.3, 0.4) is 0 Å². The third-order valence-corrected chi connectivity index (χ3v) is 9.39. The molecule has 0 spiro atoms. The molecular weight excluding hydrogens is 724 g/mol. The molecule has 0 atom stereocenters. The zero-order valence-electron chi connectivity index (χ0n) is 24.3. The molecule has 0 amide bonds. The first kappa shape index (κ1) is 31.8. The Kier molecular flexibility index (Phi) is 9.84. The van der Waals surface area contributed by atoms with E-state index in [0.29, 0.717) is 11.6 Å². The minimum Gasteiger partial charge on any atom is -0.224 e. The largest absolute Gasteiger partial charge is 0.224 e. The molecule has 0 unspecified atom stereocenters. The van der Waals surface area contributed by atoms with E-state index < -0.39 is 9.84 Å². The van der Waals surface area contributed by atoms with Crippen LogP contribution in [0, 0.1) is 13.8 Å². The molecule has 0 radical (unpaired) electrons. The second-order valence-corrected chi connectivity index (χ2v) is 14.5. The molecule has 2 aromatic heterocycles. The fourth-order valence-corrected chi connectivity index (χ4v) is 5.89. The minimum atomic E-state index is -3.21. The molecule has 0 saturated heterocycles. The van der Waals surface area contributed by atoms with Gasteiger partial charge in [-0.05, 0) is 92.9 Å². The second-order valence-electron chi connectivity index (χ2n) is 9.77. The van der Waals surface area contributed by atoms with Gasteiger partial charge in [0.05, 0.1) is 16.3 Å². The number of hydrogen-bond acceptors (Lipinski definition) is 7. The Hall–Kier alpha value is -3.58. The summed E-state index contributed by atoms with van der Waals surface area (Å²) < 4.78 is 28.8. The monoisotopic (exact) mass is 750 g/mol. The molecule has 4 aromatic carbocycles. The molecule has 44 heavy (non-hydrogen) atoms. The normalized spacial score (nSPS) is 11.2. The quantitative estimate of drug-likeness (QED) is 0.159. The average Bonchev–Trinajstić information content (AvgIpc) is 3.60. The molecule has 8 nitrogen and oxygen atoms in total. The van der Waals surface area contributed by atoms with Crippen LogP contribution in [-0.4, -0.2) is 50.5 Å². The van der Waals surface area contributed by atoms with E-state index in [-0.39, 0.29) is 4.90 Å². The van der Waals surface area contributed by atoms with Crippen LogP contribution in [0.15, 0.2) is 116 Å². The van der Waals surface area contributed by atoms with Gasteiger partial charge in [0.2, 0.25) is 0 Å². The van der Waals surface area contributed by atoms with Crippen molar-refractivity contribution in [2.75, 3.05) is 12.5 Å². The van der Waals surface area contributed by atoms with Crippen molar-refractivity contribution in [2.24, 2.45) is 0 Å². The summed E-state index contributed by atoms with van der Waals surface area (Å²) in [5.41, 5.74) is 3.76. The lowest BCUT2D eigenvalue weighted by Crippen LogP contribution is -2.01. The van der Waals surface area contributed by atoms with E-state index in [2.05, 4.69) is 82.5 Å². The number of hydrogen-bond donors (Lipinski definition) is 0. The Bertz CT molecular complexity index is 1990. The van der Waals surface area contributed by atoms with Crippen molar-refractivity contribution >= 4 is 53.5 Å². The Morgan fingerprint density at radius 2 is 1.00 bits per heavy atom. The van der Waals surface area contributed by atoms with E-state index in [9.17, 15) is 8.42 Å². The van der Waals surface area contributed by atoms with Gasteiger partial charge in [-0.15, -0.1) is 11.8 Å². The molecule has 0 bridgehead atoms. The van der Waals surface area contributed by atoms with E-state index in [1.54, 1.807) is 40.7 Å². The summed E-state index contributed by atoms with van der Waals surface area (Å²) in [5, 5.41) is 8.94. The van der Waals surface area contributed by atoms with Crippen LogP contribution >= 0.6 is 43.6 Å². The first-order chi connectivity index (χ1) is 21.0. The maximum absolute atomic E-state index is 11.6. The lowest BCUT2D eigenvalue weighted by molar-refractivity contribution is 0.602. The minimum absolute atomic E-state index is 0.281. The van der Waals surface area contributed by atoms with Gasteiger partial charge in [0, 0.05) is 31.2 Å². The van der Waals surface area contributed by atoms with E-state index in [0.717, 1.165) is 43.1 Å². The van der Waals surface area contributed by atoms with Gasteiger partial charge in [0.15, 0.2) is 21.5 Å². The van der Waals surface area contributed by atoms with Crippen molar-refractivity contribution in [1.29, 1.82) is 0 Å². The number of halogens is 2. The predicted molar refractivity (Wildman–Crippen MR) is 183 cm³/mol. The number of nitrogens with zero attached hydrogens (tertiary/aromatic N) is 6. The zero-order valence-corrected chi connectivity index (χ0v) is 29.1. The third kappa shape index (κ3) is 7.55. The Morgan fingerprint density at radius 3 is 1.36 bits per heavy atom. The van der Waals surface area contributed by atoms with Crippen LogP contribution in [0.2, 0.25) is 0 Å². The van der Waals surface area contributed by atoms with Gasteiger partial charge in [0.1, 0.15) is 11.6 Å². The SMILES string of the molecule is CSc1ccc(-n2nc(C)nc2-c2ccc(Br)cc2)cc1.Cc1nc(-c2ccc(Br)cc2)n(-c2ccc(S(C)(=O)=O)cc2)n1.